The summed E-state index contributed by atoms with van der Waals surface area (Å²) in [5.41, 5.74) is 3.09. The second-order valence-electron chi connectivity index (χ2n) is 4.62. The summed E-state index contributed by atoms with van der Waals surface area (Å²) in [6, 6.07) is 6.29. The first-order valence-electron chi connectivity index (χ1n) is 7.06. The third-order valence-corrected chi connectivity index (χ3v) is 3.68. The fourth-order valence-electron chi connectivity index (χ4n) is 1.86. The molecule has 130 valence electrons. The Morgan fingerprint density at radius 1 is 1.48 bits per heavy atom. The van der Waals surface area contributed by atoms with Crippen LogP contribution in [0.1, 0.15) is 5.56 Å². The van der Waals surface area contributed by atoms with Crippen LogP contribution >= 0.6 is 15.9 Å². The van der Waals surface area contributed by atoms with E-state index in [1.807, 2.05) is 0 Å². The largest absolute Gasteiger partial charge is 0.493 e. The predicted molar refractivity (Wildman–Crippen MR) is 98.5 cm³/mol. The first kappa shape index (κ1) is 18.4. The number of rotatable bonds is 8. The average molecular weight is 407 g/mol. The molecule has 1 aromatic carbocycles. The predicted octanol–water partition coefficient (Wildman–Crippen LogP) is 3.77. The molecule has 1 heterocycles. The Bertz CT molecular complexity index is 811. The zero-order chi connectivity index (χ0) is 18.2. The van der Waals surface area contributed by atoms with Crippen LogP contribution in [-0.2, 0) is 0 Å². The number of halogens is 1. The van der Waals surface area contributed by atoms with Crippen molar-refractivity contribution in [2.24, 2.45) is 5.10 Å². The average Bonchev–Trinajstić information content (AvgIpc) is 2.61. The molecule has 2 rings (SSSR count). The summed E-state index contributed by atoms with van der Waals surface area (Å²) >= 11 is 3.42. The molecule has 0 atom stereocenters. The number of nitrogens with one attached hydrogen (secondary N) is 1. The molecule has 0 aliphatic heterocycles. The highest BCUT2D eigenvalue weighted by Crippen LogP contribution is 2.33. The molecular weight excluding hydrogens is 392 g/mol. The van der Waals surface area contributed by atoms with Gasteiger partial charge in [0.1, 0.15) is 6.61 Å². The summed E-state index contributed by atoms with van der Waals surface area (Å²) in [5.74, 6) is 1.13. The minimum Gasteiger partial charge on any atom is -0.493 e. The van der Waals surface area contributed by atoms with E-state index in [2.05, 4.69) is 38.0 Å². The van der Waals surface area contributed by atoms with Crippen molar-refractivity contribution in [3.8, 4) is 11.5 Å². The van der Waals surface area contributed by atoms with Gasteiger partial charge in [0.05, 0.1) is 18.2 Å². The van der Waals surface area contributed by atoms with Crippen LogP contribution in [0.3, 0.4) is 0 Å². The van der Waals surface area contributed by atoms with Crippen LogP contribution in [0.4, 0.5) is 11.5 Å². The summed E-state index contributed by atoms with van der Waals surface area (Å²) < 4.78 is 11.5. The number of methoxy groups -OCH3 is 1. The van der Waals surface area contributed by atoms with Gasteiger partial charge in [0.2, 0.25) is 5.82 Å². The lowest BCUT2D eigenvalue weighted by Gasteiger charge is -2.11. The third-order valence-electron chi connectivity index (χ3n) is 3.00. The van der Waals surface area contributed by atoms with Crippen LogP contribution in [0.25, 0.3) is 0 Å². The van der Waals surface area contributed by atoms with E-state index >= 15 is 0 Å². The van der Waals surface area contributed by atoms with Gasteiger partial charge in [-0.3, -0.25) is 15.5 Å². The van der Waals surface area contributed by atoms with Crippen LogP contribution < -0.4 is 14.9 Å². The van der Waals surface area contributed by atoms with Crippen molar-refractivity contribution in [1.29, 1.82) is 0 Å². The monoisotopic (exact) mass is 406 g/mol. The third kappa shape index (κ3) is 4.77. The Labute approximate surface area is 152 Å². The van der Waals surface area contributed by atoms with Crippen molar-refractivity contribution >= 4 is 33.6 Å². The number of nitro groups is 1. The van der Waals surface area contributed by atoms with E-state index in [4.69, 9.17) is 9.47 Å². The van der Waals surface area contributed by atoms with Gasteiger partial charge in [-0.2, -0.15) is 5.10 Å². The first-order valence-corrected chi connectivity index (χ1v) is 7.85. The number of nitrogens with zero attached hydrogens (tertiary/aromatic N) is 3. The number of anilines is 1. The summed E-state index contributed by atoms with van der Waals surface area (Å²) in [6.07, 6.45) is 4.56. The highest BCUT2D eigenvalue weighted by atomic mass is 79.9. The number of benzene rings is 1. The van der Waals surface area contributed by atoms with E-state index in [1.54, 1.807) is 18.2 Å². The van der Waals surface area contributed by atoms with Crippen LogP contribution in [0.2, 0.25) is 0 Å². The summed E-state index contributed by atoms with van der Waals surface area (Å²) in [6.45, 7) is 3.95. The molecule has 0 fully saturated rings. The molecule has 0 radical (unpaired) electrons. The number of ether oxygens (including phenoxy) is 2. The van der Waals surface area contributed by atoms with Gasteiger partial charge in [0, 0.05) is 22.3 Å². The second-order valence-corrected chi connectivity index (χ2v) is 5.48. The van der Waals surface area contributed by atoms with Crippen molar-refractivity contribution < 1.29 is 14.4 Å². The number of hydrogen-bond donors (Lipinski definition) is 1. The van der Waals surface area contributed by atoms with Crippen molar-refractivity contribution in [3.63, 3.8) is 0 Å². The topological polar surface area (TPSA) is 98.9 Å². The smallest absolute Gasteiger partial charge is 0.313 e. The lowest BCUT2D eigenvalue weighted by atomic mass is 10.2. The lowest BCUT2D eigenvalue weighted by molar-refractivity contribution is -0.384. The molecule has 2 aromatic rings. The normalized spacial score (nSPS) is 10.5. The molecule has 0 aliphatic carbocycles. The highest BCUT2D eigenvalue weighted by Gasteiger charge is 2.13. The fraction of sp³-hybridized carbons (Fsp3) is 0.125. The van der Waals surface area contributed by atoms with Crippen LogP contribution in [-0.4, -0.2) is 29.8 Å². The summed E-state index contributed by atoms with van der Waals surface area (Å²) in [7, 11) is 1.53. The zero-order valence-electron chi connectivity index (χ0n) is 13.3. The lowest BCUT2D eigenvalue weighted by Crippen LogP contribution is -2.00. The second kappa shape index (κ2) is 8.78. The Balaban J connectivity index is 2.21. The Morgan fingerprint density at radius 3 is 2.96 bits per heavy atom. The number of hydrogen-bond acceptors (Lipinski definition) is 7. The highest BCUT2D eigenvalue weighted by molar-refractivity contribution is 9.10. The maximum Gasteiger partial charge on any atom is 0.313 e. The van der Waals surface area contributed by atoms with E-state index in [1.165, 1.54) is 31.7 Å². The summed E-state index contributed by atoms with van der Waals surface area (Å²) in [5, 5.41) is 14.9. The molecule has 0 bridgehead atoms. The van der Waals surface area contributed by atoms with Crippen LogP contribution in [0.5, 0.6) is 11.5 Å². The standard InChI is InChI=1S/C16H15BrN4O4/c1-3-7-25-15-9-12(17)11(8-14(15)24-2)10-19-20-16-13(21(22)23)5-4-6-18-16/h3-6,8-10H,1,7H2,2H3,(H,18,20)/b19-10-. The van der Waals surface area contributed by atoms with Gasteiger partial charge in [-0.1, -0.05) is 12.7 Å². The molecule has 0 saturated carbocycles. The van der Waals surface area contributed by atoms with Gasteiger partial charge in [0.25, 0.3) is 0 Å². The molecular formula is C16H15BrN4O4. The summed E-state index contributed by atoms with van der Waals surface area (Å²) in [4.78, 5) is 14.3. The van der Waals surface area contributed by atoms with Crippen molar-refractivity contribution in [2.45, 2.75) is 0 Å². The molecule has 1 aromatic heterocycles. The Kier molecular flexibility index (Phi) is 6.47. The molecule has 1 N–H and O–H groups in total. The van der Waals surface area contributed by atoms with Crippen molar-refractivity contribution in [3.05, 3.63) is 63.3 Å². The first-order chi connectivity index (χ1) is 12.1. The van der Waals surface area contributed by atoms with Gasteiger partial charge in [-0.15, -0.1) is 0 Å². The molecule has 8 nitrogen and oxygen atoms in total. The van der Waals surface area contributed by atoms with Crippen LogP contribution in [0, 0.1) is 10.1 Å². The maximum absolute atomic E-state index is 10.9. The molecule has 9 heteroatoms. The SMILES string of the molecule is C=CCOc1cc(Br)c(/C=N\Nc2ncccc2[N+](=O)[O-])cc1OC. The van der Waals surface area contributed by atoms with Gasteiger partial charge >= 0.3 is 5.69 Å². The molecule has 25 heavy (non-hydrogen) atoms. The number of hydrazone groups is 1. The maximum atomic E-state index is 10.9. The Hall–Kier alpha value is -2.94. The molecule has 0 saturated heterocycles. The van der Waals surface area contributed by atoms with Crippen molar-refractivity contribution in [2.75, 3.05) is 19.1 Å². The van der Waals surface area contributed by atoms with E-state index < -0.39 is 4.92 Å². The van der Waals surface area contributed by atoms with Gasteiger partial charge < -0.3 is 9.47 Å². The zero-order valence-corrected chi connectivity index (χ0v) is 14.9. The minimum absolute atomic E-state index is 0.0535. The molecule has 0 amide bonds. The van der Waals surface area contributed by atoms with Gasteiger partial charge in [-0.05, 0) is 34.1 Å². The van der Waals surface area contributed by atoms with Gasteiger partial charge in [-0.25, -0.2) is 4.98 Å². The van der Waals surface area contributed by atoms with E-state index in [9.17, 15) is 10.1 Å². The van der Waals surface area contributed by atoms with Gasteiger partial charge in [0.15, 0.2) is 11.5 Å². The quantitative estimate of drug-likeness (QED) is 0.310. The molecule has 0 unspecified atom stereocenters. The molecule has 0 aliphatic rings. The minimum atomic E-state index is -0.532. The number of pyridine rings is 1. The fourth-order valence-corrected chi connectivity index (χ4v) is 2.29. The van der Waals surface area contributed by atoms with Crippen molar-refractivity contribution in [1.82, 2.24) is 4.98 Å². The van der Waals surface area contributed by atoms with E-state index in [0.717, 1.165) is 0 Å². The number of aromatic nitrogens is 1. The van der Waals surface area contributed by atoms with E-state index in [-0.39, 0.29) is 11.5 Å². The Morgan fingerprint density at radius 2 is 2.28 bits per heavy atom. The van der Waals surface area contributed by atoms with Crippen LogP contribution in [0.15, 0.2) is 52.7 Å². The van der Waals surface area contributed by atoms with E-state index in [0.29, 0.717) is 28.1 Å². The molecule has 0 spiro atoms.